The highest BCUT2D eigenvalue weighted by Gasteiger charge is 2.41. The molecule has 2 aromatic heterocycles. The number of hydrogen-bond acceptors (Lipinski definition) is 5. The first-order chi connectivity index (χ1) is 14.5. The number of amides is 1. The van der Waals surface area contributed by atoms with E-state index in [2.05, 4.69) is 20.4 Å². The Morgan fingerprint density at radius 2 is 1.97 bits per heavy atom. The minimum Gasteiger partial charge on any atom is -0.465 e. The molecule has 1 saturated heterocycles. The molecular formula is C19H18ClF3N6O2. The lowest BCUT2D eigenvalue weighted by atomic mass is 9.81. The second kappa shape index (κ2) is 7.26. The fourth-order valence-corrected chi connectivity index (χ4v) is 3.76. The first-order valence-electron chi connectivity index (χ1n) is 9.30. The molecule has 8 nitrogen and oxygen atoms in total. The molecule has 0 radical (unpaired) electrons. The number of rotatable bonds is 4. The molecule has 1 aromatic carbocycles. The van der Waals surface area contributed by atoms with Crippen LogP contribution in [0.5, 0.6) is 0 Å². The number of aromatic nitrogens is 4. The Morgan fingerprint density at radius 1 is 1.26 bits per heavy atom. The van der Waals surface area contributed by atoms with Gasteiger partial charge in [-0.1, -0.05) is 6.07 Å². The number of anilines is 1. The van der Waals surface area contributed by atoms with Gasteiger partial charge in [0, 0.05) is 24.5 Å². The number of carbonyl (C=O) groups is 1. The van der Waals surface area contributed by atoms with Gasteiger partial charge in [-0.3, -0.25) is 0 Å². The number of nitrogens with one attached hydrogen (secondary N) is 1. The normalized spacial score (nSPS) is 15.2. The molecule has 1 aliphatic rings. The van der Waals surface area contributed by atoms with Crippen LogP contribution in [0.25, 0.3) is 16.7 Å². The topological polar surface area (TPSA) is 96.2 Å². The molecule has 3 heterocycles. The van der Waals surface area contributed by atoms with Gasteiger partial charge >= 0.3 is 12.3 Å². The van der Waals surface area contributed by atoms with Crippen LogP contribution in [0, 0.1) is 5.92 Å². The lowest BCUT2D eigenvalue weighted by molar-refractivity contribution is -0.137. The van der Waals surface area contributed by atoms with Crippen molar-refractivity contribution in [3.05, 3.63) is 41.3 Å². The molecule has 0 bridgehead atoms. The predicted octanol–water partition coefficient (Wildman–Crippen LogP) is 3.97. The fraction of sp³-hybridized carbons (Fsp3) is 0.368. The van der Waals surface area contributed by atoms with Crippen LogP contribution in [-0.2, 0) is 6.18 Å². The largest absolute Gasteiger partial charge is 0.465 e. The van der Waals surface area contributed by atoms with Crippen molar-refractivity contribution in [1.29, 1.82) is 0 Å². The van der Waals surface area contributed by atoms with Gasteiger partial charge in [-0.2, -0.15) is 28.2 Å². The maximum atomic E-state index is 13.1. The van der Waals surface area contributed by atoms with E-state index in [-0.39, 0.29) is 22.5 Å². The van der Waals surface area contributed by atoms with Crippen LogP contribution in [0.3, 0.4) is 0 Å². The number of hydrogen-bond donors (Lipinski definition) is 2. The Labute approximate surface area is 179 Å². The molecule has 4 rings (SSSR count). The molecular weight excluding hydrogens is 437 g/mol. The molecule has 0 atom stereocenters. The summed E-state index contributed by atoms with van der Waals surface area (Å²) >= 11 is 6.10. The summed E-state index contributed by atoms with van der Waals surface area (Å²) in [6, 6.07) is 4.77. The van der Waals surface area contributed by atoms with Crippen LogP contribution in [0.15, 0.2) is 30.5 Å². The van der Waals surface area contributed by atoms with Crippen molar-refractivity contribution in [3.8, 4) is 5.69 Å². The van der Waals surface area contributed by atoms with Gasteiger partial charge in [0.05, 0.1) is 22.8 Å². The van der Waals surface area contributed by atoms with Crippen molar-refractivity contribution in [2.75, 3.05) is 18.0 Å². The van der Waals surface area contributed by atoms with Gasteiger partial charge in [-0.25, -0.2) is 9.48 Å². The lowest BCUT2D eigenvalue weighted by Gasteiger charge is -2.48. The highest BCUT2D eigenvalue weighted by Crippen LogP contribution is 2.36. The van der Waals surface area contributed by atoms with Crippen LogP contribution in [0.4, 0.5) is 23.8 Å². The molecule has 0 spiro atoms. The molecule has 1 amide bonds. The summed E-state index contributed by atoms with van der Waals surface area (Å²) in [5.41, 5.74) is -0.965. The number of nitrogens with zero attached hydrogens (tertiary/aromatic N) is 5. The van der Waals surface area contributed by atoms with Crippen LogP contribution in [-0.4, -0.2) is 49.6 Å². The monoisotopic (exact) mass is 454 g/mol. The minimum absolute atomic E-state index is 0.0332. The molecule has 164 valence electrons. The molecule has 0 unspecified atom stereocenters. The van der Waals surface area contributed by atoms with Crippen molar-refractivity contribution >= 4 is 34.5 Å². The van der Waals surface area contributed by atoms with E-state index in [1.54, 1.807) is 13.8 Å². The molecule has 31 heavy (non-hydrogen) atoms. The minimum atomic E-state index is -4.49. The Hall–Kier alpha value is -3.08. The van der Waals surface area contributed by atoms with E-state index < -0.39 is 23.4 Å². The lowest BCUT2D eigenvalue weighted by Crippen LogP contribution is -2.62. The van der Waals surface area contributed by atoms with E-state index in [9.17, 15) is 18.0 Å². The summed E-state index contributed by atoms with van der Waals surface area (Å²) < 4.78 is 40.6. The Bertz CT molecular complexity index is 1160. The van der Waals surface area contributed by atoms with E-state index in [1.807, 2.05) is 4.90 Å². The molecule has 0 aliphatic carbocycles. The smallest absolute Gasteiger partial charge is 0.416 e. The number of halogens is 4. The SMILES string of the molecule is CC(C)(NC(=O)O)C1CN(c2nc(Cl)nc3c2cnn3-c2cccc(C(F)(F)F)c2)C1. The number of fused-ring (bicyclic) bond motifs is 1. The zero-order chi connectivity index (χ0) is 22.6. The van der Waals surface area contributed by atoms with Crippen molar-refractivity contribution in [1.82, 2.24) is 25.1 Å². The zero-order valence-electron chi connectivity index (χ0n) is 16.5. The van der Waals surface area contributed by atoms with Crippen molar-refractivity contribution in [2.24, 2.45) is 5.92 Å². The molecule has 12 heteroatoms. The van der Waals surface area contributed by atoms with Gasteiger partial charge in [-0.15, -0.1) is 0 Å². The first kappa shape index (κ1) is 21.2. The average molecular weight is 455 g/mol. The maximum Gasteiger partial charge on any atom is 0.416 e. The highest BCUT2D eigenvalue weighted by molar-refractivity contribution is 6.28. The van der Waals surface area contributed by atoms with Crippen LogP contribution in [0.1, 0.15) is 19.4 Å². The summed E-state index contributed by atoms with van der Waals surface area (Å²) in [6.45, 7) is 4.64. The van der Waals surface area contributed by atoms with Crippen molar-refractivity contribution in [3.63, 3.8) is 0 Å². The summed E-state index contributed by atoms with van der Waals surface area (Å²) in [5.74, 6) is 0.529. The summed E-state index contributed by atoms with van der Waals surface area (Å²) in [5, 5.41) is 16.2. The molecule has 3 aromatic rings. The number of alkyl halides is 3. The van der Waals surface area contributed by atoms with Crippen LogP contribution >= 0.6 is 11.6 Å². The third-order valence-electron chi connectivity index (χ3n) is 5.43. The summed E-state index contributed by atoms with van der Waals surface area (Å²) in [7, 11) is 0. The summed E-state index contributed by atoms with van der Waals surface area (Å²) in [6.07, 6.45) is -4.10. The first-order valence-corrected chi connectivity index (χ1v) is 9.68. The van der Waals surface area contributed by atoms with Gasteiger partial charge in [0.2, 0.25) is 5.28 Å². The fourth-order valence-electron chi connectivity index (χ4n) is 3.60. The van der Waals surface area contributed by atoms with E-state index in [1.165, 1.54) is 23.0 Å². The average Bonchev–Trinajstić information content (AvgIpc) is 3.02. The van der Waals surface area contributed by atoms with Gasteiger partial charge in [0.15, 0.2) is 5.65 Å². The summed E-state index contributed by atoms with van der Waals surface area (Å²) in [4.78, 5) is 21.4. The van der Waals surface area contributed by atoms with Crippen molar-refractivity contribution < 1.29 is 23.1 Å². The van der Waals surface area contributed by atoms with Crippen molar-refractivity contribution in [2.45, 2.75) is 25.6 Å². The predicted molar refractivity (Wildman–Crippen MR) is 108 cm³/mol. The highest BCUT2D eigenvalue weighted by atomic mass is 35.5. The van der Waals surface area contributed by atoms with Gasteiger partial charge in [0.1, 0.15) is 5.82 Å². The molecule has 1 aliphatic heterocycles. The van der Waals surface area contributed by atoms with Gasteiger partial charge in [0.25, 0.3) is 0 Å². The third-order valence-corrected chi connectivity index (χ3v) is 5.60. The van der Waals surface area contributed by atoms with Crippen LogP contribution in [0.2, 0.25) is 5.28 Å². The standard InChI is InChI=1S/C19H18ClF3N6O2/c1-18(2,27-17(30)31)11-8-28(9-11)14-13-7-24-29(15(13)26-16(20)25-14)12-5-3-4-10(6-12)19(21,22)23/h3-7,11,27H,8-9H2,1-2H3,(H,30,31). The Kier molecular flexibility index (Phi) is 4.95. The van der Waals surface area contributed by atoms with E-state index in [4.69, 9.17) is 16.7 Å². The second-order valence-electron chi connectivity index (χ2n) is 7.91. The molecule has 0 saturated carbocycles. The van der Waals surface area contributed by atoms with Gasteiger partial charge < -0.3 is 15.3 Å². The van der Waals surface area contributed by atoms with Gasteiger partial charge in [-0.05, 0) is 43.6 Å². The van der Waals surface area contributed by atoms with Crippen LogP contribution < -0.4 is 10.2 Å². The zero-order valence-corrected chi connectivity index (χ0v) is 17.2. The molecule has 2 N–H and O–H groups in total. The number of carboxylic acid groups (broad SMARTS) is 1. The third kappa shape index (κ3) is 3.97. The van der Waals surface area contributed by atoms with E-state index in [0.29, 0.717) is 24.3 Å². The van der Waals surface area contributed by atoms with E-state index in [0.717, 1.165) is 12.1 Å². The second-order valence-corrected chi connectivity index (χ2v) is 8.25. The molecule has 1 fully saturated rings. The Balaban J connectivity index is 1.67. The van der Waals surface area contributed by atoms with E-state index >= 15 is 0 Å². The Morgan fingerprint density at radius 3 is 2.61 bits per heavy atom. The maximum absolute atomic E-state index is 13.1. The quantitative estimate of drug-likeness (QED) is 0.579. The number of benzene rings is 1.